The number of hydrogen-bond acceptors (Lipinski definition) is 2. The first-order valence-electron chi connectivity index (χ1n) is 7.05. The maximum absolute atomic E-state index is 12.5. The lowest BCUT2D eigenvalue weighted by atomic mass is 10.0. The Morgan fingerprint density at radius 2 is 1.89 bits per heavy atom. The number of carboxylic acids is 1. The van der Waals surface area contributed by atoms with Crippen LogP contribution in [0.1, 0.15) is 58.8 Å². The number of alkyl halides is 2. The van der Waals surface area contributed by atoms with Crippen LogP contribution >= 0.6 is 11.8 Å². The highest BCUT2D eigenvalue weighted by atomic mass is 32.2. The molecule has 0 amide bonds. The first-order chi connectivity index (χ1) is 8.87. The molecule has 0 aromatic rings. The summed E-state index contributed by atoms with van der Waals surface area (Å²) in [5.41, 5.74) is 0. The van der Waals surface area contributed by atoms with Crippen LogP contribution in [0.15, 0.2) is 0 Å². The Morgan fingerprint density at radius 1 is 1.21 bits per heavy atom. The van der Waals surface area contributed by atoms with E-state index >= 15 is 0 Å². The third-order valence-electron chi connectivity index (χ3n) is 3.00. The number of carbonyl (C=O) groups is 1. The average molecular weight is 296 g/mol. The largest absolute Gasteiger partial charge is 0.481 e. The first-order valence-corrected chi connectivity index (χ1v) is 8.20. The van der Waals surface area contributed by atoms with Gasteiger partial charge in [0.15, 0.2) is 0 Å². The zero-order valence-corrected chi connectivity index (χ0v) is 12.8. The van der Waals surface area contributed by atoms with Gasteiger partial charge in [-0.25, -0.2) is 8.78 Å². The summed E-state index contributed by atoms with van der Waals surface area (Å²) in [4.78, 5) is 10.9. The molecular weight excluding hydrogens is 270 g/mol. The minimum Gasteiger partial charge on any atom is -0.481 e. The zero-order valence-electron chi connectivity index (χ0n) is 12.0. The lowest BCUT2D eigenvalue weighted by Gasteiger charge is -2.11. The van der Waals surface area contributed by atoms with Gasteiger partial charge in [-0.15, -0.1) is 0 Å². The van der Waals surface area contributed by atoms with Gasteiger partial charge in [-0.3, -0.25) is 4.79 Å². The van der Waals surface area contributed by atoms with Gasteiger partial charge in [-0.1, -0.05) is 19.8 Å². The molecule has 0 fully saturated rings. The van der Waals surface area contributed by atoms with Gasteiger partial charge in [0.25, 0.3) is 0 Å². The van der Waals surface area contributed by atoms with Crippen LogP contribution in [-0.2, 0) is 4.79 Å². The highest BCUT2D eigenvalue weighted by molar-refractivity contribution is 7.99. The molecule has 0 rings (SSSR count). The zero-order chi connectivity index (χ0) is 14.7. The molecule has 0 radical (unpaired) electrons. The normalized spacial score (nSPS) is 13.5. The second-order valence-electron chi connectivity index (χ2n) is 5.11. The summed E-state index contributed by atoms with van der Waals surface area (Å²) in [5, 5.41) is 8.97. The molecule has 19 heavy (non-hydrogen) atoms. The second-order valence-corrected chi connectivity index (χ2v) is 6.33. The SMILES string of the molecule is CCCC(CCSCCCCCC(C)(F)F)C(=O)O. The van der Waals surface area contributed by atoms with Crippen LogP contribution in [0.5, 0.6) is 0 Å². The van der Waals surface area contributed by atoms with E-state index in [2.05, 4.69) is 0 Å². The monoisotopic (exact) mass is 296 g/mol. The topological polar surface area (TPSA) is 37.3 Å². The van der Waals surface area contributed by atoms with Crippen molar-refractivity contribution in [1.29, 1.82) is 0 Å². The molecule has 0 aliphatic heterocycles. The highest BCUT2D eigenvalue weighted by Crippen LogP contribution is 2.21. The minimum atomic E-state index is -2.54. The van der Waals surface area contributed by atoms with Crippen molar-refractivity contribution >= 4 is 17.7 Å². The summed E-state index contributed by atoms with van der Waals surface area (Å²) in [6, 6.07) is 0. The number of halogens is 2. The predicted molar refractivity (Wildman–Crippen MR) is 77.1 cm³/mol. The van der Waals surface area contributed by atoms with Crippen molar-refractivity contribution in [3.8, 4) is 0 Å². The predicted octanol–water partition coefficient (Wildman–Crippen LogP) is 4.83. The van der Waals surface area contributed by atoms with E-state index in [1.54, 1.807) is 11.8 Å². The average Bonchev–Trinajstić information content (AvgIpc) is 2.29. The van der Waals surface area contributed by atoms with Crippen molar-refractivity contribution in [3.63, 3.8) is 0 Å². The van der Waals surface area contributed by atoms with Crippen molar-refractivity contribution < 1.29 is 18.7 Å². The lowest BCUT2D eigenvalue weighted by Crippen LogP contribution is -2.14. The molecule has 1 N–H and O–H groups in total. The van der Waals surface area contributed by atoms with Gasteiger partial charge in [0, 0.05) is 6.42 Å². The maximum atomic E-state index is 12.5. The Morgan fingerprint density at radius 3 is 2.42 bits per heavy atom. The summed E-state index contributed by atoms with van der Waals surface area (Å²) in [7, 11) is 0. The molecule has 0 heterocycles. The van der Waals surface area contributed by atoms with Crippen molar-refractivity contribution in [2.45, 2.75) is 64.7 Å². The number of hydrogen-bond donors (Lipinski definition) is 1. The van der Waals surface area contributed by atoms with Crippen LogP contribution in [0.3, 0.4) is 0 Å². The maximum Gasteiger partial charge on any atom is 0.306 e. The highest BCUT2D eigenvalue weighted by Gasteiger charge is 2.19. The Labute approximate surface area is 119 Å². The molecule has 0 saturated heterocycles. The standard InChI is InChI=1S/C14H26F2O2S/c1-3-7-12(13(17)18)8-11-19-10-6-4-5-9-14(2,15)16/h12H,3-11H2,1-2H3,(H,17,18). The van der Waals surface area contributed by atoms with Gasteiger partial charge in [-0.2, -0.15) is 11.8 Å². The van der Waals surface area contributed by atoms with E-state index in [1.807, 2.05) is 6.92 Å². The molecular formula is C14H26F2O2S. The van der Waals surface area contributed by atoms with E-state index in [0.29, 0.717) is 12.8 Å². The number of aliphatic carboxylic acids is 1. The molecule has 0 aliphatic rings. The van der Waals surface area contributed by atoms with Gasteiger partial charge in [0.05, 0.1) is 5.92 Å². The molecule has 0 aromatic heterocycles. The third kappa shape index (κ3) is 12.5. The molecule has 1 unspecified atom stereocenters. The minimum absolute atomic E-state index is 0.0325. The fourth-order valence-corrected chi connectivity index (χ4v) is 2.95. The molecule has 0 spiro atoms. The number of carboxylic acid groups (broad SMARTS) is 1. The summed E-state index contributed by atoms with van der Waals surface area (Å²) in [6.07, 6.45) is 4.64. The first kappa shape index (κ1) is 18.7. The van der Waals surface area contributed by atoms with Crippen LogP contribution in [0, 0.1) is 5.92 Å². The van der Waals surface area contributed by atoms with Gasteiger partial charge in [0.2, 0.25) is 5.92 Å². The van der Waals surface area contributed by atoms with E-state index in [4.69, 9.17) is 5.11 Å². The van der Waals surface area contributed by atoms with Crippen molar-refractivity contribution in [2.75, 3.05) is 11.5 Å². The van der Waals surface area contributed by atoms with E-state index in [9.17, 15) is 13.6 Å². The molecule has 2 nitrogen and oxygen atoms in total. The number of thioether (sulfide) groups is 1. The van der Waals surface area contributed by atoms with E-state index < -0.39 is 11.9 Å². The number of unbranched alkanes of at least 4 members (excludes halogenated alkanes) is 2. The van der Waals surface area contributed by atoms with Crippen LogP contribution < -0.4 is 0 Å². The van der Waals surface area contributed by atoms with Crippen molar-refractivity contribution in [1.82, 2.24) is 0 Å². The van der Waals surface area contributed by atoms with Crippen LogP contribution in [-0.4, -0.2) is 28.5 Å². The summed E-state index contributed by atoms with van der Waals surface area (Å²) >= 11 is 1.73. The molecule has 0 aromatic carbocycles. The van der Waals surface area contributed by atoms with Crippen molar-refractivity contribution in [2.24, 2.45) is 5.92 Å². The quantitative estimate of drug-likeness (QED) is 0.524. The fraction of sp³-hybridized carbons (Fsp3) is 0.929. The van der Waals surface area contributed by atoms with E-state index in [-0.39, 0.29) is 12.3 Å². The van der Waals surface area contributed by atoms with E-state index in [1.165, 1.54) is 0 Å². The molecule has 1 atom stereocenters. The molecule has 5 heteroatoms. The smallest absolute Gasteiger partial charge is 0.306 e. The lowest BCUT2D eigenvalue weighted by molar-refractivity contribution is -0.142. The van der Waals surface area contributed by atoms with Gasteiger partial charge in [0.1, 0.15) is 0 Å². The molecule has 114 valence electrons. The Balaban J connectivity index is 3.42. The number of rotatable bonds is 12. The summed E-state index contributed by atoms with van der Waals surface area (Å²) in [5.74, 6) is -1.68. The van der Waals surface area contributed by atoms with Crippen LogP contribution in [0.4, 0.5) is 8.78 Å². The van der Waals surface area contributed by atoms with Gasteiger partial charge >= 0.3 is 5.97 Å². The molecule has 0 bridgehead atoms. The van der Waals surface area contributed by atoms with Crippen LogP contribution in [0.2, 0.25) is 0 Å². The Hall–Kier alpha value is -0.320. The third-order valence-corrected chi connectivity index (χ3v) is 4.10. The van der Waals surface area contributed by atoms with Crippen molar-refractivity contribution in [3.05, 3.63) is 0 Å². The Bertz CT molecular complexity index is 242. The van der Waals surface area contributed by atoms with Gasteiger partial charge in [-0.05, 0) is 44.1 Å². The Kier molecular flexibility index (Phi) is 10.3. The van der Waals surface area contributed by atoms with Crippen LogP contribution in [0.25, 0.3) is 0 Å². The fourth-order valence-electron chi connectivity index (χ4n) is 1.88. The van der Waals surface area contributed by atoms with Gasteiger partial charge < -0.3 is 5.11 Å². The van der Waals surface area contributed by atoms with E-state index in [0.717, 1.165) is 44.1 Å². The molecule has 0 aliphatic carbocycles. The molecule has 0 saturated carbocycles. The second kappa shape index (κ2) is 10.5. The summed E-state index contributed by atoms with van der Waals surface area (Å²) < 4.78 is 25.1. The summed E-state index contributed by atoms with van der Waals surface area (Å²) in [6.45, 7) is 2.95.